The highest BCUT2D eigenvalue weighted by Crippen LogP contribution is 2.24. The predicted molar refractivity (Wildman–Crippen MR) is 89.8 cm³/mol. The number of anilines is 1. The number of amides is 1. The third-order valence-electron chi connectivity index (χ3n) is 4.56. The molecule has 0 saturated heterocycles. The van der Waals surface area contributed by atoms with Crippen molar-refractivity contribution in [3.8, 4) is 0 Å². The van der Waals surface area contributed by atoms with Gasteiger partial charge in [0.25, 0.3) is 0 Å². The van der Waals surface area contributed by atoms with E-state index >= 15 is 0 Å². The number of aliphatic hydroxyl groups excluding tert-OH is 1. The Kier molecular flexibility index (Phi) is 6.40. The molecule has 0 spiro atoms. The van der Waals surface area contributed by atoms with Crippen LogP contribution in [0.5, 0.6) is 0 Å². The maximum absolute atomic E-state index is 11.4. The molecule has 2 rings (SSSR count). The molecule has 0 aromatic heterocycles. The highest BCUT2D eigenvalue weighted by atomic mass is 16.3. The molecule has 2 N–H and O–H groups in total. The van der Waals surface area contributed by atoms with E-state index < -0.39 is 6.10 Å². The van der Waals surface area contributed by atoms with E-state index in [9.17, 15) is 9.90 Å². The molecule has 22 heavy (non-hydrogen) atoms. The molecular weight excluding hydrogens is 276 g/mol. The molecule has 0 bridgehead atoms. The molecular formula is C18H28N2O2. The fourth-order valence-electron chi connectivity index (χ4n) is 3.09. The van der Waals surface area contributed by atoms with E-state index in [-0.39, 0.29) is 5.91 Å². The van der Waals surface area contributed by atoms with E-state index in [0.717, 1.165) is 11.3 Å². The molecule has 1 aliphatic carbocycles. The normalized spacial score (nSPS) is 17.5. The third kappa shape index (κ3) is 4.82. The minimum absolute atomic E-state index is 0.00494. The first-order valence-electron chi connectivity index (χ1n) is 8.38. The Hall–Kier alpha value is -1.39. The fraction of sp³-hybridized carbons (Fsp3) is 0.611. The Bertz CT molecular complexity index is 466. The van der Waals surface area contributed by atoms with Gasteiger partial charge in [-0.3, -0.25) is 4.79 Å². The van der Waals surface area contributed by atoms with Gasteiger partial charge in [0.05, 0.1) is 6.10 Å². The Balaban J connectivity index is 1.88. The van der Waals surface area contributed by atoms with Crippen molar-refractivity contribution in [3.05, 3.63) is 29.8 Å². The number of hydrogen-bond acceptors (Lipinski definition) is 3. The van der Waals surface area contributed by atoms with Crippen molar-refractivity contribution in [1.29, 1.82) is 0 Å². The summed E-state index contributed by atoms with van der Waals surface area (Å²) in [6.45, 7) is 2.49. The summed E-state index contributed by atoms with van der Waals surface area (Å²) in [5.41, 5.74) is 1.68. The van der Waals surface area contributed by atoms with Crippen LogP contribution < -0.4 is 5.32 Å². The van der Waals surface area contributed by atoms with Gasteiger partial charge in [0, 0.05) is 24.7 Å². The topological polar surface area (TPSA) is 52.6 Å². The van der Waals surface area contributed by atoms with Gasteiger partial charge in [-0.15, -0.1) is 0 Å². The van der Waals surface area contributed by atoms with Crippen LogP contribution in [0, 0.1) is 0 Å². The van der Waals surface area contributed by atoms with Gasteiger partial charge in [0.1, 0.15) is 0 Å². The van der Waals surface area contributed by atoms with Gasteiger partial charge in [0.15, 0.2) is 0 Å². The van der Waals surface area contributed by atoms with Crippen LogP contribution in [0.3, 0.4) is 0 Å². The standard InChI is InChI=1S/C18H28N2O2/c1-3-18(22)19-15-11-9-14(10-12-15)17(21)13-20(2)16-7-5-4-6-8-16/h9-12,16-17,21H,3-8,13H2,1-2H3,(H,19,22). The molecule has 4 heteroatoms. The van der Waals surface area contributed by atoms with Gasteiger partial charge in [-0.2, -0.15) is 0 Å². The second-order valence-electron chi connectivity index (χ2n) is 6.27. The van der Waals surface area contributed by atoms with Crippen molar-refractivity contribution >= 4 is 11.6 Å². The number of likely N-dealkylation sites (N-methyl/N-ethyl adjacent to an activating group) is 1. The van der Waals surface area contributed by atoms with Crippen LogP contribution in [0.15, 0.2) is 24.3 Å². The number of nitrogens with one attached hydrogen (secondary N) is 1. The number of carbonyl (C=O) groups excluding carboxylic acids is 1. The van der Waals surface area contributed by atoms with Crippen molar-refractivity contribution in [1.82, 2.24) is 4.90 Å². The lowest BCUT2D eigenvalue weighted by Gasteiger charge is -2.32. The summed E-state index contributed by atoms with van der Waals surface area (Å²) >= 11 is 0. The Labute approximate surface area is 133 Å². The van der Waals surface area contributed by atoms with Gasteiger partial charge in [-0.05, 0) is 37.6 Å². The average Bonchev–Trinajstić information content (AvgIpc) is 2.56. The van der Waals surface area contributed by atoms with Crippen molar-refractivity contribution < 1.29 is 9.90 Å². The molecule has 1 aromatic carbocycles. The first kappa shape index (κ1) is 17.0. The van der Waals surface area contributed by atoms with Crippen LogP contribution >= 0.6 is 0 Å². The highest BCUT2D eigenvalue weighted by Gasteiger charge is 2.20. The Morgan fingerprint density at radius 1 is 1.27 bits per heavy atom. The minimum atomic E-state index is -0.483. The number of nitrogens with zero attached hydrogens (tertiary/aromatic N) is 1. The zero-order valence-electron chi connectivity index (χ0n) is 13.7. The average molecular weight is 304 g/mol. The molecule has 0 radical (unpaired) electrons. The molecule has 1 aromatic rings. The fourth-order valence-corrected chi connectivity index (χ4v) is 3.09. The predicted octanol–water partition coefficient (Wildman–Crippen LogP) is 3.33. The van der Waals surface area contributed by atoms with Gasteiger partial charge < -0.3 is 15.3 Å². The summed E-state index contributed by atoms with van der Waals surface area (Å²) in [5, 5.41) is 13.2. The van der Waals surface area contributed by atoms with Crippen molar-refractivity contribution in [3.63, 3.8) is 0 Å². The summed E-state index contributed by atoms with van der Waals surface area (Å²) in [6.07, 6.45) is 6.42. The smallest absolute Gasteiger partial charge is 0.224 e. The van der Waals surface area contributed by atoms with Gasteiger partial charge in [-0.1, -0.05) is 38.3 Å². The molecule has 0 heterocycles. The van der Waals surface area contributed by atoms with Crippen molar-refractivity contribution in [2.24, 2.45) is 0 Å². The molecule has 0 aliphatic heterocycles. The zero-order chi connectivity index (χ0) is 15.9. The first-order valence-corrected chi connectivity index (χ1v) is 8.38. The Morgan fingerprint density at radius 2 is 1.91 bits per heavy atom. The summed E-state index contributed by atoms with van der Waals surface area (Å²) in [6, 6.07) is 8.10. The summed E-state index contributed by atoms with van der Waals surface area (Å²) in [7, 11) is 2.11. The number of benzene rings is 1. The highest BCUT2D eigenvalue weighted by molar-refractivity contribution is 5.90. The van der Waals surface area contributed by atoms with E-state index in [0.29, 0.717) is 19.0 Å². The van der Waals surface area contributed by atoms with Crippen molar-refractivity contribution in [2.75, 3.05) is 18.9 Å². The quantitative estimate of drug-likeness (QED) is 0.847. The van der Waals surface area contributed by atoms with Crippen LogP contribution in [0.4, 0.5) is 5.69 Å². The summed E-state index contributed by atoms with van der Waals surface area (Å²) < 4.78 is 0. The van der Waals surface area contributed by atoms with Crippen LogP contribution in [0.2, 0.25) is 0 Å². The summed E-state index contributed by atoms with van der Waals surface area (Å²) in [5.74, 6) is 0.00494. The third-order valence-corrected chi connectivity index (χ3v) is 4.56. The molecule has 1 unspecified atom stereocenters. The molecule has 1 fully saturated rings. The minimum Gasteiger partial charge on any atom is -0.387 e. The van der Waals surface area contributed by atoms with Crippen molar-refractivity contribution in [2.45, 2.75) is 57.6 Å². The second-order valence-corrected chi connectivity index (χ2v) is 6.27. The largest absolute Gasteiger partial charge is 0.387 e. The van der Waals surface area contributed by atoms with E-state index in [1.54, 1.807) is 0 Å². The lowest BCUT2D eigenvalue weighted by Crippen LogP contribution is -2.36. The molecule has 1 saturated carbocycles. The van der Waals surface area contributed by atoms with Gasteiger partial charge in [0.2, 0.25) is 5.91 Å². The molecule has 4 nitrogen and oxygen atoms in total. The van der Waals surface area contributed by atoms with E-state index in [1.165, 1.54) is 32.1 Å². The lowest BCUT2D eigenvalue weighted by atomic mass is 9.94. The maximum atomic E-state index is 11.4. The SMILES string of the molecule is CCC(=O)Nc1ccc(C(O)CN(C)C2CCCCC2)cc1. The maximum Gasteiger partial charge on any atom is 0.224 e. The van der Waals surface area contributed by atoms with Crippen LogP contribution in [0.25, 0.3) is 0 Å². The lowest BCUT2D eigenvalue weighted by molar-refractivity contribution is -0.115. The summed E-state index contributed by atoms with van der Waals surface area (Å²) in [4.78, 5) is 13.6. The van der Waals surface area contributed by atoms with Gasteiger partial charge in [-0.25, -0.2) is 0 Å². The van der Waals surface area contributed by atoms with Crippen LogP contribution in [-0.2, 0) is 4.79 Å². The van der Waals surface area contributed by atoms with Gasteiger partial charge >= 0.3 is 0 Å². The molecule has 122 valence electrons. The Morgan fingerprint density at radius 3 is 2.50 bits per heavy atom. The van der Waals surface area contributed by atoms with Crippen LogP contribution in [0.1, 0.15) is 57.1 Å². The number of rotatable bonds is 6. The van der Waals surface area contributed by atoms with Crippen LogP contribution in [-0.4, -0.2) is 35.5 Å². The number of carbonyl (C=O) groups is 1. The van der Waals surface area contributed by atoms with E-state index in [4.69, 9.17) is 0 Å². The van der Waals surface area contributed by atoms with E-state index in [1.807, 2.05) is 31.2 Å². The molecule has 1 atom stereocenters. The monoisotopic (exact) mass is 304 g/mol. The van der Waals surface area contributed by atoms with E-state index in [2.05, 4.69) is 17.3 Å². The molecule has 1 aliphatic rings. The number of aliphatic hydroxyl groups is 1. The first-order chi connectivity index (χ1) is 10.6. The second kappa shape index (κ2) is 8.30. The molecule has 1 amide bonds. The number of hydrogen-bond donors (Lipinski definition) is 2. The zero-order valence-corrected chi connectivity index (χ0v) is 13.7.